The molecule has 0 fully saturated rings. The largest absolute Gasteiger partial charge is 0.496 e. The Balaban J connectivity index is 1.55. The van der Waals surface area contributed by atoms with Crippen LogP contribution in [0.1, 0.15) is 21.5 Å². The number of aryl methyl sites for hydroxylation is 1. The maximum absolute atomic E-state index is 12.7. The van der Waals surface area contributed by atoms with Crippen molar-refractivity contribution in [3.05, 3.63) is 102 Å². The van der Waals surface area contributed by atoms with E-state index in [1.807, 2.05) is 67.6 Å². The van der Waals surface area contributed by atoms with Gasteiger partial charge in [0, 0.05) is 22.2 Å². The monoisotopic (exact) mass is 397 g/mol. The Morgan fingerprint density at radius 1 is 0.867 bits per heavy atom. The van der Waals surface area contributed by atoms with E-state index in [0.29, 0.717) is 17.9 Å². The molecule has 0 saturated carbocycles. The number of rotatable bonds is 6. The molecule has 0 heterocycles. The maximum Gasteiger partial charge on any atom is 0.255 e. The standard InChI is InChI=1S/C26H23NO3/c1-18-10-13-22(14-11-18)27-26(28)20-12-15-24(29-2)21(16-20)17-30-25-9-5-7-19-6-3-4-8-23(19)25/h3-16H,17H2,1-2H3,(H,27,28). The summed E-state index contributed by atoms with van der Waals surface area (Å²) in [5, 5.41) is 5.09. The highest BCUT2D eigenvalue weighted by Crippen LogP contribution is 2.28. The van der Waals surface area contributed by atoms with Crippen LogP contribution >= 0.6 is 0 Å². The zero-order valence-corrected chi connectivity index (χ0v) is 17.0. The van der Waals surface area contributed by atoms with Gasteiger partial charge in [-0.1, -0.05) is 54.1 Å². The number of nitrogens with one attached hydrogen (secondary N) is 1. The first-order valence-corrected chi connectivity index (χ1v) is 9.79. The number of anilines is 1. The quantitative estimate of drug-likeness (QED) is 0.435. The van der Waals surface area contributed by atoms with Gasteiger partial charge in [-0.25, -0.2) is 0 Å². The van der Waals surface area contributed by atoms with Crippen LogP contribution in [-0.2, 0) is 6.61 Å². The Morgan fingerprint density at radius 3 is 2.43 bits per heavy atom. The van der Waals surface area contributed by atoms with Crippen LogP contribution in [0.25, 0.3) is 10.8 Å². The zero-order chi connectivity index (χ0) is 20.9. The molecule has 30 heavy (non-hydrogen) atoms. The van der Waals surface area contributed by atoms with E-state index in [0.717, 1.165) is 33.3 Å². The molecule has 4 aromatic rings. The Labute approximate surface area is 176 Å². The van der Waals surface area contributed by atoms with E-state index in [1.165, 1.54) is 0 Å². The second-order valence-corrected chi connectivity index (χ2v) is 7.11. The number of benzene rings is 4. The number of amides is 1. The number of hydrogen-bond acceptors (Lipinski definition) is 3. The fraction of sp³-hybridized carbons (Fsp3) is 0.115. The molecule has 0 aromatic heterocycles. The first-order valence-electron chi connectivity index (χ1n) is 9.79. The van der Waals surface area contributed by atoms with E-state index in [9.17, 15) is 4.79 Å². The van der Waals surface area contributed by atoms with Crippen molar-refractivity contribution in [2.75, 3.05) is 12.4 Å². The van der Waals surface area contributed by atoms with Gasteiger partial charge < -0.3 is 14.8 Å². The Hall–Kier alpha value is -3.79. The second-order valence-electron chi connectivity index (χ2n) is 7.11. The summed E-state index contributed by atoms with van der Waals surface area (Å²) in [6.07, 6.45) is 0. The molecule has 150 valence electrons. The summed E-state index contributed by atoms with van der Waals surface area (Å²) in [6.45, 7) is 2.31. The van der Waals surface area contributed by atoms with Crippen molar-refractivity contribution in [1.82, 2.24) is 0 Å². The molecular weight excluding hydrogens is 374 g/mol. The van der Waals surface area contributed by atoms with Crippen LogP contribution < -0.4 is 14.8 Å². The van der Waals surface area contributed by atoms with Crippen molar-refractivity contribution in [3.8, 4) is 11.5 Å². The fourth-order valence-corrected chi connectivity index (χ4v) is 3.35. The lowest BCUT2D eigenvalue weighted by atomic mass is 10.1. The van der Waals surface area contributed by atoms with Crippen LogP contribution in [0.3, 0.4) is 0 Å². The summed E-state index contributed by atoms with van der Waals surface area (Å²) in [5.74, 6) is 1.31. The Morgan fingerprint density at radius 2 is 1.63 bits per heavy atom. The summed E-state index contributed by atoms with van der Waals surface area (Å²) in [6, 6.07) is 27.1. The predicted octanol–water partition coefficient (Wildman–Crippen LogP) is 5.99. The third-order valence-corrected chi connectivity index (χ3v) is 4.98. The molecule has 0 saturated heterocycles. The molecule has 1 N–H and O–H groups in total. The first kappa shape index (κ1) is 19.5. The highest BCUT2D eigenvalue weighted by Gasteiger charge is 2.12. The van der Waals surface area contributed by atoms with E-state index in [4.69, 9.17) is 9.47 Å². The van der Waals surface area contributed by atoms with Gasteiger partial charge in [0.05, 0.1) is 7.11 Å². The number of carbonyl (C=O) groups excluding carboxylic acids is 1. The van der Waals surface area contributed by atoms with Crippen molar-refractivity contribution in [2.45, 2.75) is 13.5 Å². The number of methoxy groups -OCH3 is 1. The topological polar surface area (TPSA) is 47.6 Å². The van der Waals surface area contributed by atoms with Crippen molar-refractivity contribution in [2.24, 2.45) is 0 Å². The van der Waals surface area contributed by atoms with Gasteiger partial charge in [-0.3, -0.25) is 4.79 Å². The third-order valence-electron chi connectivity index (χ3n) is 4.98. The normalized spacial score (nSPS) is 10.6. The molecule has 0 atom stereocenters. The summed E-state index contributed by atoms with van der Waals surface area (Å²) < 4.78 is 11.6. The van der Waals surface area contributed by atoms with E-state index in [2.05, 4.69) is 17.4 Å². The van der Waals surface area contributed by atoms with Crippen LogP contribution in [0, 0.1) is 6.92 Å². The van der Waals surface area contributed by atoms with Gasteiger partial charge in [0.2, 0.25) is 0 Å². The van der Waals surface area contributed by atoms with Crippen molar-refractivity contribution >= 4 is 22.4 Å². The molecule has 4 aromatic carbocycles. The minimum atomic E-state index is -0.173. The van der Waals surface area contributed by atoms with Gasteiger partial charge in [0.15, 0.2) is 0 Å². The zero-order valence-electron chi connectivity index (χ0n) is 17.0. The van der Waals surface area contributed by atoms with Crippen LogP contribution in [0.5, 0.6) is 11.5 Å². The average Bonchev–Trinajstić information content (AvgIpc) is 2.79. The highest BCUT2D eigenvalue weighted by molar-refractivity contribution is 6.04. The van der Waals surface area contributed by atoms with Gasteiger partial charge in [-0.15, -0.1) is 0 Å². The van der Waals surface area contributed by atoms with Crippen molar-refractivity contribution in [1.29, 1.82) is 0 Å². The lowest BCUT2D eigenvalue weighted by Crippen LogP contribution is -2.12. The molecule has 4 rings (SSSR count). The molecule has 0 aliphatic carbocycles. The van der Waals surface area contributed by atoms with E-state index >= 15 is 0 Å². The number of carbonyl (C=O) groups is 1. The summed E-state index contributed by atoms with van der Waals surface area (Å²) in [4.78, 5) is 12.7. The molecule has 4 nitrogen and oxygen atoms in total. The van der Waals surface area contributed by atoms with Gasteiger partial charge in [-0.05, 0) is 48.7 Å². The third kappa shape index (κ3) is 4.28. The summed E-state index contributed by atoms with van der Waals surface area (Å²) >= 11 is 0. The Kier molecular flexibility index (Phi) is 5.66. The van der Waals surface area contributed by atoms with Gasteiger partial charge in [0.1, 0.15) is 18.1 Å². The van der Waals surface area contributed by atoms with Gasteiger partial charge >= 0.3 is 0 Å². The number of ether oxygens (including phenoxy) is 2. The van der Waals surface area contributed by atoms with Crippen LogP contribution in [0.15, 0.2) is 84.9 Å². The predicted molar refractivity (Wildman–Crippen MR) is 120 cm³/mol. The van der Waals surface area contributed by atoms with Crippen molar-refractivity contribution < 1.29 is 14.3 Å². The summed E-state index contributed by atoms with van der Waals surface area (Å²) in [7, 11) is 1.61. The molecule has 0 unspecified atom stereocenters. The summed E-state index contributed by atoms with van der Waals surface area (Å²) in [5.41, 5.74) is 3.26. The lowest BCUT2D eigenvalue weighted by Gasteiger charge is -2.14. The minimum Gasteiger partial charge on any atom is -0.496 e. The van der Waals surface area contributed by atoms with E-state index in [-0.39, 0.29) is 5.91 Å². The molecule has 1 amide bonds. The lowest BCUT2D eigenvalue weighted by molar-refractivity contribution is 0.102. The smallest absolute Gasteiger partial charge is 0.255 e. The van der Waals surface area contributed by atoms with E-state index in [1.54, 1.807) is 19.2 Å². The van der Waals surface area contributed by atoms with Gasteiger partial charge in [-0.2, -0.15) is 0 Å². The van der Waals surface area contributed by atoms with E-state index < -0.39 is 0 Å². The second kappa shape index (κ2) is 8.70. The molecule has 0 bridgehead atoms. The molecule has 0 aliphatic heterocycles. The van der Waals surface area contributed by atoms with Crippen molar-refractivity contribution in [3.63, 3.8) is 0 Å². The molecule has 0 aliphatic rings. The maximum atomic E-state index is 12.7. The minimum absolute atomic E-state index is 0.173. The van der Waals surface area contributed by atoms with Crippen LogP contribution in [0.2, 0.25) is 0 Å². The SMILES string of the molecule is COc1ccc(C(=O)Nc2ccc(C)cc2)cc1COc1cccc2ccccc12. The molecule has 4 heteroatoms. The molecular formula is C26H23NO3. The number of hydrogen-bond donors (Lipinski definition) is 1. The molecule has 0 radical (unpaired) electrons. The van der Waals surface area contributed by atoms with Crippen LogP contribution in [-0.4, -0.2) is 13.0 Å². The average molecular weight is 397 g/mol. The highest BCUT2D eigenvalue weighted by atomic mass is 16.5. The first-order chi connectivity index (χ1) is 14.6. The molecule has 0 spiro atoms. The Bertz CT molecular complexity index is 1180. The van der Waals surface area contributed by atoms with Gasteiger partial charge in [0.25, 0.3) is 5.91 Å². The fourth-order valence-electron chi connectivity index (χ4n) is 3.35. The van der Waals surface area contributed by atoms with Crippen LogP contribution in [0.4, 0.5) is 5.69 Å². The number of fused-ring (bicyclic) bond motifs is 1.